The van der Waals surface area contributed by atoms with Gasteiger partial charge in [-0.15, -0.1) is 0 Å². The molecule has 0 aromatic heterocycles. The molecule has 0 radical (unpaired) electrons. The third-order valence-corrected chi connectivity index (χ3v) is 4.46. The van der Waals surface area contributed by atoms with Crippen molar-refractivity contribution in [3.05, 3.63) is 0 Å². The molecule has 14 heavy (non-hydrogen) atoms. The minimum Gasteiger partial charge on any atom is -0.313 e. The minimum absolute atomic E-state index is 0.650. The first-order valence-corrected chi connectivity index (χ1v) is 6.43. The molecule has 2 rings (SSSR count). The van der Waals surface area contributed by atoms with Crippen molar-refractivity contribution in [3.63, 3.8) is 0 Å². The minimum atomic E-state index is 0.650. The summed E-state index contributed by atoms with van der Waals surface area (Å²) < 4.78 is 0. The second-order valence-corrected chi connectivity index (χ2v) is 5.91. The van der Waals surface area contributed by atoms with Crippen LogP contribution in [0.5, 0.6) is 0 Å². The van der Waals surface area contributed by atoms with Crippen LogP contribution in [-0.2, 0) is 0 Å². The summed E-state index contributed by atoms with van der Waals surface area (Å²) in [4.78, 5) is 0. The lowest BCUT2D eigenvalue weighted by Gasteiger charge is -2.41. The van der Waals surface area contributed by atoms with Crippen LogP contribution in [0.2, 0.25) is 0 Å². The lowest BCUT2D eigenvalue weighted by molar-refractivity contribution is 0.137. The van der Waals surface area contributed by atoms with Crippen LogP contribution in [0, 0.1) is 11.3 Å². The van der Waals surface area contributed by atoms with Crippen molar-refractivity contribution in [2.24, 2.45) is 11.3 Å². The van der Waals surface area contributed by atoms with E-state index in [-0.39, 0.29) is 0 Å². The second kappa shape index (κ2) is 4.22. The van der Waals surface area contributed by atoms with Crippen molar-refractivity contribution in [2.75, 3.05) is 6.54 Å². The van der Waals surface area contributed by atoms with E-state index >= 15 is 0 Å². The molecule has 0 amide bonds. The molecule has 2 saturated carbocycles. The Kier molecular flexibility index (Phi) is 3.16. The van der Waals surface area contributed by atoms with Crippen LogP contribution in [0.1, 0.15) is 58.8 Å². The summed E-state index contributed by atoms with van der Waals surface area (Å²) in [5.74, 6) is 0.910. The molecule has 0 spiro atoms. The molecule has 0 aliphatic heterocycles. The van der Waals surface area contributed by atoms with Gasteiger partial charge in [-0.05, 0) is 37.0 Å². The van der Waals surface area contributed by atoms with E-state index in [2.05, 4.69) is 19.2 Å². The zero-order chi connectivity index (χ0) is 10.0. The van der Waals surface area contributed by atoms with Crippen molar-refractivity contribution in [1.82, 2.24) is 5.32 Å². The van der Waals surface area contributed by atoms with Gasteiger partial charge in [0.25, 0.3) is 0 Å². The summed E-state index contributed by atoms with van der Waals surface area (Å²) in [7, 11) is 0. The van der Waals surface area contributed by atoms with Gasteiger partial charge in [-0.2, -0.15) is 0 Å². The van der Waals surface area contributed by atoms with Crippen LogP contribution in [0.3, 0.4) is 0 Å². The van der Waals surface area contributed by atoms with Gasteiger partial charge in [-0.3, -0.25) is 0 Å². The quantitative estimate of drug-likeness (QED) is 0.728. The first kappa shape index (κ1) is 10.5. The Balaban J connectivity index is 1.73. The van der Waals surface area contributed by atoms with Gasteiger partial charge in [0.1, 0.15) is 0 Å². The molecule has 0 heterocycles. The smallest absolute Gasteiger partial charge is 0.00929 e. The molecule has 2 aliphatic rings. The summed E-state index contributed by atoms with van der Waals surface area (Å²) in [5.41, 5.74) is 0.650. The molecule has 0 bridgehead atoms. The van der Waals surface area contributed by atoms with E-state index < -0.39 is 0 Å². The van der Waals surface area contributed by atoms with Crippen molar-refractivity contribution >= 4 is 0 Å². The highest BCUT2D eigenvalue weighted by molar-refractivity contribution is 4.88. The molecule has 1 nitrogen and oxygen atoms in total. The fourth-order valence-corrected chi connectivity index (χ4v) is 2.95. The first-order valence-electron chi connectivity index (χ1n) is 6.43. The van der Waals surface area contributed by atoms with E-state index in [4.69, 9.17) is 0 Å². The lowest BCUT2D eigenvalue weighted by atomic mass is 9.70. The number of nitrogens with one attached hydrogen (secondary N) is 1. The van der Waals surface area contributed by atoms with Crippen LogP contribution in [0.25, 0.3) is 0 Å². The predicted octanol–water partition coefficient (Wildman–Crippen LogP) is 3.34. The van der Waals surface area contributed by atoms with Crippen LogP contribution >= 0.6 is 0 Å². The zero-order valence-electron chi connectivity index (χ0n) is 9.81. The maximum absolute atomic E-state index is 3.81. The van der Waals surface area contributed by atoms with Gasteiger partial charge in [0.15, 0.2) is 0 Å². The summed E-state index contributed by atoms with van der Waals surface area (Å²) in [5, 5.41) is 3.81. The monoisotopic (exact) mass is 195 g/mol. The Labute approximate surface area is 88.7 Å². The molecule has 82 valence electrons. The molecular formula is C13H25N. The fraction of sp³-hybridized carbons (Fsp3) is 1.00. The lowest BCUT2D eigenvalue weighted by Crippen LogP contribution is -2.45. The molecular weight excluding hydrogens is 170 g/mol. The van der Waals surface area contributed by atoms with Crippen molar-refractivity contribution in [2.45, 2.75) is 64.8 Å². The standard InChI is InChI=1S/C13H25N/c1-11-6-3-4-7-12(11)14-10-13(2)8-5-9-13/h11-12,14H,3-10H2,1-2H3. The molecule has 1 N–H and O–H groups in total. The number of hydrogen-bond donors (Lipinski definition) is 1. The Morgan fingerprint density at radius 2 is 1.86 bits per heavy atom. The van der Waals surface area contributed by atoms with Crippen molar-refractivity contribution < 1.29 is 0 Å². The van der Waals surface area contributed by atoms with Gasteiger partial charge in [-0.25, -0.2) is 0 Å². The summed E-state index contributed by atoms with van der Waals surface area (Å²) in [6, 6.07) is 0.821. The van der Waals surface area contributed by atoms with E-state index in [1.807, 2.05) is 0 Å². The van der Waals surface area contributed by atoms with Gasteiger partial charge >= 0.3 is 0 Å². The SMILES string of the molecule is CC1CCCCC1NCC1(C)CCC1. The topological polar surface area (TPSA) is 12.0 Å². The Morgan fingerprint density at radius 1 is 1.14 bits per heavy atom. The number of rotatable bonds is 3. The van der Waals surface area contributed by atoms with Gasteiger partial charge < -0.3 is 5.32 Å². The van der Waals surface area contributed by atoms with E-state index in [0.717, 1.165) is 12.0 Å². The highest BCUT2D eigenvalue weighted by Crippen LogP contribution is 2.39. The van der Waals surface area contributed by atoms with Gasteiger partial charge in [0.05, 0.1) is 0 Å². The van der Waals surface area contributed by atoms with E-state index in [9.17, 15) is 0 Å². The fourth-order valence-electron chi connectivity index (χ4n) is 2.95. The van der Waals surface area contributed by atoms with Crippen LogP contribution < -0.4 is 5.32 Å². The van der Waals surface area contributed by atoms with Crippen molar-refractivity contribution in [1.29, 1.82) is 0 Å². The number of hydrogen-bond acceptors (Lipinski definition) is 1. The van der Waals surface area contributed by atoms with E-state index in [1.165, 1.54) is 51.5 Å². The Morgan fingerprint density at radius 3 is 2.43 bits per heavy atom. The van der Waals surface area contributed by atoms with Crippen LogP contribution in [-0.4, -0.2) is 12.6 Å². The zero-order valence-corrected chi connectivity index (χ0v) is 9.81. The van der Waals surface area contributed by atoms with Gasteiger partial charge in [0.2, 0.25) is 0 Å². The van der Waals surface area contributed by atoms with E-state index in [1.54, 1.807) is 0 Å². The average Bonchev–Trinajstić information content (AvgIpc) is 2.14. The largest absolute Gasteiger partial charge is 0.313 e. The molecule has 2 atom stereocenters. The van der Waals surface area contributed by atoms with Crippen LogP contribution in [0.15, 0.2) is 0 Å². The Bertz CT molecular complexity index is 184. The molecule has 2 fully saturated rings. The molecule has 2 unspecified atom stereocenters. The first-order chi connectivity index (χ1) is 6.70. The molecule has 0 aromatic carbocycles. The van der Waals surface area contributed by atoms with Gasteiger partial charge in [0, 0.05) is 12.6 Å². The van der Waals surface area contributed by atoms with Crippen LogP contribution in [0.4, 0.5) is 0 Å². The summed E-state index contributed by atoms with van der Waals surface area (Å²) >= 11 is 0. The predicted molar refractivity (Wildman–Crippen MR) is 61.4 cm³/mol. The normalized spacial score (nSPS) is 36.4. The highest BCUT2D eigenvalue weighted by atomic mass is 14.9. The summed E-state index contributed by atoms with van der Waals surface area (Å²) in [6.45, 7) is 6.12. The second-order valence-electron chi connectivity index (χ2n) is 5.91. The third-order valence-electron chi connectivity index (χ3n) is 4.46. The summed E-state index contributed by atoms with van der Waals surface area (Å²) in [6.07, 6.45) is 10.1. The average molecular weight is 195 g/mol. The van der Waals surface area contributed by atoms with Crippen molar-refractivity contribution in [3.8, 4) is 0 Å². The Hall–Kier alpha value is -0.0400. The molecule has 1 heteroatoms. The molecule has 2 aliphatic carbocycles. The third kappa shape index (κ3) is 2.31. The maximum Gasteiger partial charge on any atom is 0.00929 e. The van der Waals surface area contributed by atoms with E-state index in [0.29, 0.717) is 5.41 Å². The molecule has 0 aromatic rings. The molecule has 0 saturated heterocycles. The maximum atomic E-state index is 3.81. The van der Waals surface area contributed by atoms with Gasteiger partial charge in [-0.1, -0.05) is 33.1 Å². The highest BCUT2D eigenvalue weighted by Gasteiger charge is 2.32.